The number of methoxy groups -OCH3 is 2. The van der Waals surface area contributed by atoms with Crippen LogP contribution < -0.4 is 9.47 Å². The van der Waals surface area contributed by atoms with Gasteiger partial charge in [-0.05, 0) is 24.3 Å². The number of nitriles is 1. The van der Waals surface area contributed by atoms with E-state index in [0.29, 0.717) is 17.1 Å². The zero-order valence-electron chi connectivity index (χ0n) is 12.7. The predicted octanol–water partition coefficient (Wildman–Crippen LogP) is 3.63. The second kappa shape index (κ2) is 7.23. The van der Waals surface area contributed by atoms with Crippen molar-refractivity contribution in [2.75, 3.05) is 14.2 Å². The highest BCUT2D eigenvalue weighted by molar-refractivity contribution is 6.14. The van der Waals surface area contributed by atoms with E-state index >= 15 is 0 Å². The fourth-order valence-electron chi connectivity index (χ4n) is 2.12. The summed E-state index contributed by atoms with van der Waals surface area (Å²) in [6, 6.07) is 12.4. The molecule has 0 aliphatic heterocycles. The van der Waals surface area contributed by atoms with E-state index in [2.05, 4.69) is 0 Å². The lowest BCUT2D eigenvalue weighted by atomic mass is 10.0. The van der Waals surface area contributed by atoms with Crippen LogP contribution in [-0.4, -0.2) is 20.0 Å². The minimum atomic E-state index is -0.685. The maximum absolute atomic E-state index is 13.7. The minimum absolute atomic E-state index is 0.151. The number of carbonyl (C=O) groups is 1. The van der Waals surface area contributed by atoms with Crippen molar-refractivity contribution in [2.45, 2.75) is 0 Å². The van der Waals surface area contributed by atoms with Gasteiger partial charge in [-0.1, -0.05) is 24.3 Å². The van der Waals surface area contributed by atoms with Crippen molar-refractivity contribution in [3.05, 3.63) is 65.0 Å². The van der Waals surface area contributed by atoms with Gasteiger partial charge in [0.2, 0.25) is 5.78 Å². The zero-order valence-corrected chi connectivity index (χ0v) is 12.7. The first-order valence-electron chi connectivity index (χ1n) is 6.74. The van der Waals surface area contributed by atoms with E-state index in [1.807, 2.05) is 6.07 Å². The Hall–Kier alpha value is -3.13. The monoisotopic (exact) mass is 311 g/mol. The van der Waals surface area contributed by atoms with Crippen LogP contribution in [0.2, 0.25) is 0 Å². The number of Topliss-reactive ketones (excluding diaryl/α,β-unsaturated/α-hetero) is 1. The summed E-state index contributed by atoms with van der Waals surface area (Å²) in [6.45, 7) is 0. The van der Waals surface area contributed by atoms with Crippen LogP contribution in [0.4, 0.5) is 4.39 Å². The van der Waals surface area contributed by atoms with Crippen LogP contribution in [0.15, 0.2) is 48.0 Å². The van der Waals surface area contributed by atoms with Gasteiger partial charge >= 0.3 is 0 Å². The first-order chi connectivity index (χ1) is 11.1. The van der Waals surface area contributed by atoms with Crippen molar-refractivity contribution < 1.29 is 18.7 Å². The van der Waals surface area contributed by atoms with Gasteiger partial charge in [0, 0.05) is 5.56 Å². The molecule has 0 amide bonds. The molecule has 4 nitrogen and oxygen atoms in total. The third kappa shape index (κ3) is 3.38. The van der Waals surface area contributed by atoms with Crippen LogP contribution in [0.25, 0.3) is 6.08 Å². The molecule has 0 unspecified atom stereocenters. The van der Waals surface area contributed by atoms with Gasteiger partial charge in [0.05, 0.1) is 19.8 Å². The van der Waals surface area contributed by atoms with Crippen molar-refractivity contribution in [3.8, 4) is 17.6 Å². The fraction of sp³-hybridized carbons (Fsp3) is 0.111. The summed E-state index contributed by atoms with van der Waals surface area (Å²) in [7, 11) is 2.95. The summed E-state index contributed by atoms with van der Waals surface area (Å²) in [5.74, 6) is -0.493. The first kappa shape index (κ1) is 16.2. The summed E-state index contributed by atoms with van der Waals surface area (Å²) in [4.78, 5) is 12.4. The Morgan fingerprint density at radius 2 is 1.87 bits per heavy atom. The molecule has 5 heteroatoms. The molecule has 23 heavy (non-hydrogen) atoms. The number of ketones is 1. The van der Waals surface area contributed by atoms with E-state index in [9.17, 15) is 14.4 Å². The Kier molecular flexibility index (Phi) is 5.11. The first-order valence-corrected chi connectivity index (χ1v) is 6.74. The number of carbonyl (C=O) groups excluding carboxylic acids is 1. The summed E-state index contributed by atoms with van der Waals surface area (Å²) >= 11 is 0. The summed E-state index contributed by atoms with van der Waals surface area (Å²) < 4.78 is 24.2. The Morgan fingerprint density at radius 1 is 1.13 bits per heavy atom. The number of allylic oxidation sites excluding steroid dienone is 1. The lowest BCUT2D eigenvalue weighted by Crippen LogP contribution is -2.05. The van der Waals surface area contributed by atoms with Gasteiger partial charge in [-0.15, -0.1) is 0 Å². The van der Waals surface area contributed by atoms with E-state index in [1.165, 1.54) is 44.6 Å². The van der Waals surface area contributed by atoms with Gasteiger partial charge in [0.1, 0.15) is 17.5 Å². The zero-order chi connectivity index (χ0) is 16.8. The highest BCUT2D eigenvalue weighted by atomic mass is 19.1. The number of hydrogen-bond acceptors (Lipinski definition) is 4. The molecule has 0 radical (unpaired) electrons. The van der Waals surface area contributed by atoms with Crippen LogP contribution in [0.3, 0.4) is 0 Å². The number of ether oxygens (including phenoxy) is 2. The van der Waals surface area contributed by atoms with E-state index in [-0.39, 0.29) is 11.1 Å². The van der Waals surface area contributed by atoms with Gasteiger partial charge in [0.15, 0.2) is 11.5 Å². The van der Waals surface area contributed by atoms with Crippen molar-refractivity contribution in [3.63, 3.8) is 0 Å². The fourth-order valence-corrected chi connectivity index (χ4v) is 2.12. The quantitative estimate of drug-likeness (QED) is 0.480. The average Bonchev–Trinajstić information content (AvgIpc) is 2.59. The highest BCUT2D eigenvalue weighted by Gasteiger charge is 2.17. The van der Waals surface area contributed by atoms with Crippen LogP contribution in [0.5, 0.6) is 11.5 Å². The smallest absolute Gasteiger partial charge is 0.206 e. The number of hydrogen-bond donors (Lipinski definition) is 0. The molecule has 0 saturated carbocycles. The molecule has 2 aromatic rings. The summed E-state index contributed by atoms with van der Waals surface area (Å²) in [5, 5.41) is 9.27. The maximum Gasteiger partial charge on any atom is 0.206 e. The second-order valence-corrected chi connectivity index (χ2v) is 4.56. The Labute approximate surface area is 133 Å². The number of rotatable bonds is 5. The molecule has 0 atom stereocenters. The summed E-state index contributed by atoms with van der Waals surface area (Å²) in [5.41, 5.74) is 0.150. The Bertz CT molecular complexity index is 806. The molecule has 0 saturated heterocycles. The molecule has 2 aromatic carbocycles. The highest BCUT2D eigenvalue weighted by Crippen LogP contribution is 2.32. The number of benzene rings is 2. The molecule has 0 heterocycles. The van der Waals surface area contributed by atoms with Crippen molar-refractivity contribution in [2.24, 2.45) is 0 Å². The third-order valence-electron chi connectivity index (χ3n) is 3.22. The topological polar surface area (TPSA) is 59.3 Å². The van der Waals surface area contributed by atoms with Crippen LogP contribution in [0.1, 0.15) is 15.9 Å². The van der Waals surface area contributed by atoms with E-state index < -0.39 is 11.6 Å². The molecule has 0 N–H and O–H groups in total. The lowest BCUT2D eigenvalue weighted by Gasteiger charge is -2.10. The average molecular weight is 311 g/mol. The second-order valence-electron chi connectivity index (χ2n) is 4.56. The van der Waals surface area contributed by atoms with Gasteiger partial charge in [-0.25, -0.2) is 4.39 Å². The maximum atomic E-state index is 13.7. The molecule has 2 rings (SSSR count). The van der Waals surface area contributed by atoms with E-state index in [4.69, 9.17) is 9.47 Å². The number of nitrogens with zero attached hydrogens (tertiary/aromatic N) is 1. The molecule has 116 valence electrons. The van der Waals surface area contributed by atoms with Crippen LogP contribution in [0, 0.1) is 17.1 Å². The molecular formula is C18H14FNO3. The van der Waals surface area contributed by atoms with Crippen molar-refractivity contribution >= 4 is 11.9 Å². The number of para-hydroxylation sites is 1. The van der Waals surface area contributed by atoms with Gasteiger partial charge < -0.3 is 9.47 Å². The minimum Gasteiger partial charge on any atom is -0.493 e. The normalized spacial score (nSPS) is 10.8. The summed E-state index contributed by atoms with van der Waals surface area (Å²) in [6.07, 6.45) is 1.36. The van der Waals surface area contributed by atoms with Gasteiger partial charge in [-0.3, -0.25) is 4.79 Å². The number of halogens is 1. The molecule has 0 aliphatic rings. The SMILES string of the molecule is COc1cccc(/C=C(\C#N)C(=O)c2ccccc2F)c1OC. The molecule has 0 spiro atoms. The standard InChI is InChI=1S/C18H14FNO3/c1-22-16-9-5-6-12(18(16)23-2)10-13(11-20)17(21)14-7-3-4-8-15(14)19/h3-10H,1-2H3/b13-10+. The van der Waals surface area contributed by atoms with Crippen LogP contribution >= 0.6 is 0 Å². The largest absolute Gasteiger partial charge is 0.493 e. The lowest BCUT2D eigenvalue weighted by molar-refractivity contribution is 0.103. The van der Waals surface area contributed by atoms with Crippen LogP contribution in [-0.2, 0) is 0 Å². The van der Waals surface area contributed by atoms with E-state index in [0.717, 1.165) is 0 Å². The molecule has 0 aromatic heterocycles. The molecule has 0 fully saturated rings. The van der Waals surface area contributed by atoms with Gasteiger partial charge in [0.25, 0.3) is 0 Å². The van der Waals surface area contributed by atoms with Gasteiger partial charge in [-0.2, -0.15) is 5.26 Å². The van der Waals surface area contributed by atoms with Crippen molar-refractivity contribution in [1.29, 1.82) is 5.26 Å². The molecule has 0 aliphatic carbocycles. The predicted molar refractivity (Wildman–Crippen MR) is 83.9 cm³/mol. The Morgan fingerprint density at radius 3 is 2.48 bits per heavy atom. The molecular weight excluding hydrogens is 297 g/mol. The third-order valence-corrected chi connectivity index (χ3v) is 3.22. The Balaban J connectivity index is 2.51. The van der Waals surface area contributed by atoms with Crippen molar-refractivity contribution in [1.82, 2.24) is 0 Å². The molecule has 0 bridgehead atoms. The van der Waals surface area contributed by atoms with E-state index in [1.54, 1.807) is 18.2 Å².